The van der Waals surface area contributed by atoms with Crippen LogP contribution in [0.1, 0.15) is 31.1 Å². The summed E-state index contributed by atoms with van der Waals surface area (Å²) in [6.45, 7) is 10.1. The summed E-state index contributed by atoms with van der Waals surface area (Å²) in [5.74, 6) is -1.48. The van der Waals surface area contributed by atoms with Gasteiger partial charge < -0.3 is 9.53 Å². The number of hydrogen-bond acceptors (Lipinski definition) is 2. The average Bonchev–Trinajstić information content (AvgIpc) is 2.14. The number of carboxylic acid groups (broad SMARTS) is 1. The zero-order valence-corrected chi connectivity index (χ0v) is 12.4. The van der Waals surface area contributed by atoms with E-state index in [1.54, 1.807) is 0 Å². The van der Waals surface area contributed by atoms with Crippen molar-refractivity contribution in [3.63, 3.8) is 0 Å². The molecule has 18 heavy (non-hydrogen) atoms. The van der Waals surface area contributed by atoms with Crippen molar-refractivity contribution >= 4 is 14.3 Å². The van der Waals surface area contributed by atoms with Crippen molar-refractivity contribution in [3.05, 3.63) is 29.6 Å². The van der Waals surface area contributed by atoms with Gasteiger partial charge in [-0.05, 0) is 30.3 Å². The van der Waals surface area contributed by atoms with Crippen LogP contribution in [-0.2, 0) is 0 Å². The van der Waals surface area contributed by atoms with Gasteiger partial charge in [-0.1, -0.05) is 20.8 Å². The Kier molecular flexibility index (Phi) is 3.86. The minimum atomic E-state index is -2.18. The number of hydrogen-bond donors (Lipinski definition) is 1. The van der Waals surface area contributed by atoms with Crippen molar-refractivity contribution in [2.45, 2.75) is 38.9 Å². The van der Waals surface area contributed by atoms with Crippen LogP contribution in [0.4, 0.5) is 4.39 Å². The number of aromatic carboxylic acids is 1. The van der Waals surface area contributed by atoms with Gasteiger partial charge in [0.1, 0.15) is 17.1 Å². The van der Waals surface area contributed by atoms with Gasteiger partial charge in [-0.3, -0.25) is 0 Å². The lowest BCUT2D eigenvalue weighted by Crippen LogP contribution is -2.44. The van der Waals surface area contributed by atoms with E-state index in [1.165, 1.54) is 6.07 Å². The summed E-state index contributed by atoms with van der Waals surface area (Å²) in [6, 6.07) is 3.51. The van der Waals surface area contributed by atoms with Gasteiger partial charge >= 0.3 is 5.97 Å². The summed E-state index contributed by atoms with van der Waals surface area (Å²) in [6.07, 6.45) is 0. The minimum Gasteiger partial charge on any atom is -0.543 e. The van der Waals surface area contributed by atoms with E-state index in [-0.39, 0.29) is 16.4 Å². The first-order valence-corrected chi connectivity index (χ1v) is 8.67. The van der Waals surface area contributed by atoms with Gasteiger partial charge in [-0.2, -0.15) is 0 Å². The number of carboxylic acids is 1. The quantitative estimate of drug-likeness (QED) is 0.847. The van der Waals surface area contributed by atoms with Crippen LogP contribution in [0.5, 0.6) is 5.75 Å². The minimum absolute atomic E-state index is 0.00113. The maximum Gasteiger partial charge on any atom is 0.339 e. The van der Waals surface area contributed by atoms with Gasteiger partial charge in [0.25, 0.3) is 8.32 Å². The van der Waals surface area contributed by atoms with Crippen LogP contribution in [0.15, 0.2) is 18.2 Å². The Morgan fingerprint density at radius 1 is 1.33 bits per heavy atom. The number of carbonyl (C=O) groups is 1. The Morgan fingerprint density at radius 2 is 1.89 bits per heavy atom. The van der Waals surface area contributed by atoms with Crippen molar-refractivity contribution in [2.24, 2.45) is 0 Å². The molecule has 0 amide bonds. The third-order valence-electron chi connectivity index (χ3n) is 3.35. The molecule has 0 radical (unpaired) electrons. The molecule has 0 fully saturated rings. The van der Waals surface area contributed by atoms with Gasteiger partial charge in [-0.25, -0.2) is 9.18 Å². The van der Waals surface area contributed by atoms with Gasteiger partial charge in [0, 0.05) is 6.07 Å². The van der Waals surface area contributed by atoms with Crippen LogP contribution in [0.3, 0.4) is 0 Å². The lowest BCUT2D eigenvalue weighted by atomic mass is 10.2. The predicted molar refractivity (Wildman–Crippen MR) is 71.2 cm³/mol. The molecule has 5 heteroatoms. The third-order valence-corrected chi connectivity index (χ3v) is 7.69. The molecule has 100 valence electrons. The van der Waals surface area contributed by atoms with Crippen LogP contribution in [0.2, 0.25) is 18.1 Å². The third kappa shape index (κ3) is 3.10. The van der Waals surface area contributed by atoms with E-state index in [4.69, 9.17) is 9.53 Å². The van der Waals surface area contributed by atoms with Crippen LogP contribution < -0.4 is 4.43 Å². The summed E-state index contributed by atoms with van der Waals surface area (Å²) >= 11 is 0. The van der Waals surface area contributed by atoms with E-state index in [2.05, 4.69) is 0 Å². The highest BCUT2D eigenvalue weighted by molar-refractivity contribution is 6.74. The monoisotopic (exact) mass is 270 g/mol. The zero-order valence-electron chi connectivity index (χ0n) is 11.4. The lowest BCUT2D eigenvalue weighted by molar-refractivity contribution is 0.0694. The van der Waals surface area contributed by atoms with E-state index >= 15 is 0 Å². The van der Waals surface area contributed by atoms with E-state index in [0.29, 0.717) is 0 Å². The molecule has 0 atom stereocenters. The normalized spacial score (nSPS) is 12.3. The molecule has 1 aromatic rings. The molecule has 3 nitrogen and oxygen atoms in total. The summed E-state index contributed by atoms with van der Waals surface area (Å²) in [5, 5.41) is 8.99. The first-order valence-electron chi connectivity index (χ1n) is 5.76. The molecule has 1 N–H and O–H groups in total. The molecule has 0 aliphatic heterocycles. The van der Waals surface area contributed by atoms with Crippen molar-refractivity contribution < 1.29 is 18.7 Å². The van der Waals surface area contributed by atoms with E-state index in [1.807, 2.05) is 33.9 Å². The molecule has 0 spiro atoms. The molecule has 0 aromatic heterocycles. The Labute approximate surface area is 108 Å². The first-order chi connectivity index (χ1) is 8.04. The molecule has 0 saturated heterocycles. The van der Waals surface area contributed by atoms with Crippen LogP contribution in [0, 0.1) is 5.82 Å². The summed E-state index contributed by atoms with van der Waals surface area (Å²) in [5.41, 5.74) is 0.00113. The highest BCUT2D eigenvalue weighted by Crippen LogP contribution is 2.38. The molecule has 0 aliphatic rings. The Bertz CT molecular complexity index is 464. The van der Waals surface area contributed by atoms with E-state index in [9.17, 15) is 9.18 Å². The largest absolute Gasteiger partial charge is 0.543 e. The fourth-order valence-electron chi connectivity index (χ4n) is 1.19. The fourth-order valence-corrected chi connectivity index (χ4v) is 2.21. The van der Waals surface area contributed by atoms with Crippen LogP contribution >= 0.6 is 0 Å². The van der Waals surface area contributed by atoms with E-state index in [0.717, 1.165) is 12.1 Å². The standard InChI is InChI=1S/C13H19FO3Si/c1-13(2,3)18(4,5)17-11-8-9(14)6-7-10(11)12(15)16/h6-8H,1-5H3,(H,15,16). The molecule has 1 aromatic carbocycles. The van der Waals surface area contributed by atoms with E-state index < -0.39 is 20.1 Å². The molecule has 1 rings (SSSR count). The number of rotatable bonds is 3. The van der Waals surface area contributed by atoms with Crippen molar-refractivity contribution in [2.75, 3.05) is 0 Å². The summed E-state index contributed by atoms with van der Waals surface area (Å²) < 4.78 is 19.1. The Balaban J connectivity index is 3.18. The first kappa shape index (κ1) is 14.7. The maximum absolute atomic E-state index is 13.2. The molecule has 0 heterocycles. The SMILES string of the molecule is CC(C)(C)[Si](C)(C)Oc1cc(F)ccc1C(=O)O. The topological polar surface area (TPSA) is 46.5 Å². The molecule has 0 aliphatic carbocycles. The molecular formula is C13H19FO3Si. The Hall–Kier alpha value is -1.36. The van der Waals surface area contributed by atoms with Crippen molar-refractivity contribution in [1.29, 1.82) is 0 Å². The second kappa shape index (κ2) is 4.72. The smallest absolute Gasteiger partial charge is 0.339 e. The summed E-state index contributed by atoms with van der Waals surface area (Å²) in [4.78, 5) is 11.1. The van der Waals surface area contributed by atoms with Crippen LogP contribution in [0.25, 0.3) is 0 Å². The fraction of sp³-hybridized carbons (Fsp3) is 0.462. The molecular weight excluding hydrogens is 251 g/mol. The van der Waals surface area contributed by atoms with Crippen LogP contribution in [-0.4, -0.2) is 19.4 Å². The molecule has 0 unspecified atom stereocenters. The number of benzene rings is 1. The van der Waals surface area contributed by atoms with Gasteiger partial charge in [-0.15, -0.1) is 0 Å². The highest BCUT2D eigenvalue weighted by atomic mass is 28.4. The second-order valence-corrected chi connectivity index (χ2v) is 10.5. The summed E-state index contributed by atoms with van der Waals surface area (Å²) in [7, 11) is -2.18. The average molecular weight is 270 g/mol. The van der Waals surface area contributed by atoms with Gasteiger partial charge in [0.2, 0.25) is 0 Å². The lowest BCUT2D eigenvalue weighted by Gasteiger charge is -2.36. The van der Waals surface area contributed by atoms with Gasteiger partial charge in [0.05, 0.1) is 0 Å². The van der Waals surface area contributed by atoms with Gasteiger partial charge in [0.15, 0.2) is 0 Å². The second-order valence-electron chi connectivity index (χ2n) is 5.81. The maximum atomic E-state index is 13.2. The van der Waals surface area contributed by atoms with Crippen molar-refractivity contribution in [1.82, 2.24) is 0 Å². The molecule has 0 saturated carbocycles. The number of halogens is 1. The predicted octanol–water partition coefficient (Wildman–Crippen LogP) is 3.91. The van der Waals surface area contributed by atoms with Crippen molar-refractivity contribution in [3.8, 4) is 5.75 Å². The highest BCUT2D eigenvalue weighted by Gasteiger charge is 2.39. The molecule has 0 bridgehead atoms. The Morgan fingerprint density at radius 3 is 2.33 bits per heavy atom. The zero-order chi connectivity index (χ0) is 14.1.